The lowest BCUT2D eigenvalue weighted by Gasteiger charge is -2.30. The SMILES string of the molecule is C=C/C(=N\C=C/C)c1nc(C2CCN(Cc3ccc(-c4nc5ccn6c(CNCCO)nnc6c5cc4-c4ccccc4)cc3)CC2)n[nH]1. The van der Waals surface area contributed by atoms with Gasteiger partial charge in [0.25, 0.3) is 0 Å². The molecule has 6 aromatic rings. The highest BCUT2D eigenvalue weighted by molar-refractivity contribution is 6.06. The fourth-order valence-electron chi connectivity index (χ4n) is 6.41. The zero-order chi connectivity index (χ0) is 33.6. The number of aliphatic hydroxyl groups excluding tert-OH is 1. The van der Waals surface area contributed by atoms with Crippen LogP contribution in [0.3, 0.4) is 0 Å². The Kier molecular flexibility index (Phi) is 9.74. The molecule has 49 heavy (non-hydrogen) atoms. The highest BCUT2D eigenvalue weighted by atomic mass is 16.3. The minimum atomic E-state index is 0.0732. The van der Waals surface area contributed by atoms with E-state index in [1.165, 1.54) is 5.56 Å². The van der Waals surface area contributed by atoms with E-state index in [1.807, 2.05) is 35.7 Å². The van der Waals surface area contributed by atoms with Crippen molar-refractivity contribution in [2.45, 2.75) is 38.8 Å². The third-order valence-electron chi connectivity index (χ3n) is 8.98. The number of fused-ring (bicyclic) bond motifs is 3. The fraction of sp³-hybridized carbons (Fsp3) is 0.263. The second-order valence-corrected chi connectivity index (χ2v) is 12.2. The Labute approximate surface area is 285 Å². The van der Waals surface area contributed by atoms with Crippen LogP contribution >= 0.6 is 0 Å². The monoisotopic (exact) mass is 652 g/mol. The number of aromatic nitrogens is 7. The van der Waals surface area contributed by atoms with Crippen molar-refractivity contribution in [1.82, 2.24) is 45.0 Å². The van der Waals surface area contributed by atoms with Gasteiger partial charge in [0, 0.05) is 47.9 Å². The van der Waals surface area contributed by atoms with Gasteiger partial charge in [-0.05, 0) is 62.2 Å². The largest absolute Gasteiger partial charge is 0.395 e. The standard InChI is InChI=1S/C38H40N10O/c1-3-17-40-32(4-2)37-42-36(44-45-37)29-14-19-47(20-15-29)25-26-10-12-28(13-11-26)35-30(27-8-6-5-7-9-27)23-31-33(41-35)16-21-48-34(24-39-18-22-49)43-46-38(31)48/h3-13,16-17,21,23,29,39,49H,2,14-15,18-20,22,24-25H2,1H3,(H,42,44,45)/b17-3-,40-32+. The van der Waals surface area contributed by atoms with Crippen LogP contribution < -0.4 is 5.32 Å². The zero-order valence-electron chi connectivity index (χ0n) is 27.6. The predicted molar refractivity (Wildman–Crippen MR) is 193 cm³/mol. The number of nitrogens with zero attached hydrogens (tertiary/aromatic N) is 8. The van der Waals surface area contributed by atoms with Gasteiger partial charge in [0.2, 0.25) is 0 Å². The zero-order valence-corrected chi connectivity index (χ0v) is 27.6. The van der Waals surface area contributed by atoms with E-state index in [2.05, 4.69) is 96.8 Å². The van der Waals surface area contributed by atoms with Gasteiger partial charge in [0.1, 0.15) is 5.71 Å². The molecule has 0 aliphatic carbocycles. The Morgan fingerprint density at radius 3 is 2.61 bits per heavy atom. The van der Waals surface area contributed by atoms with E-state index in [0.29, 0.717) is 30.5 Å². The van der Waals surface area contributed by atoms with Crippen molar-refractivity contribution >= 4 is 22.3 Å². The molecule has 2 aromatic carbocycles. The van der Waals surface area contributed by atoms with Crippen molar-refractivity contribution < 1.29 is 5.11 Å². The highest BCUT2D eigenvalue weighted by Gasteiger charge is 2.24. The summed E-state index contributed by atoms with van der Waals surface area (Å²) in [5, 5.41) is 29.8. The summed E-state index contributed by atoms with van der Waals surface area (Å²) in [5.74, 6) is 2.62. The first-order valence-corrected chi connectivity index (χ1v) is 16.7. The number of hydrogen-bond donors (Lipinski definition) is 3. The quantitative estimate of drug-likeness (QED) is 0.113. The highest BCUT2D eigenvalue weighted by Crippen LogP contribution is 2.35. The summed E-state index contributed by atoms with van der Waals surface area (Å²) in [6.45, 7) is 9.73. The number of aliphatic imine (C=N–C) groups is 1. The number of pyridine rings is 2. The van der Waals surface area contributed by atoms with Crippen molar-refractivity contribution in [3.8, 4) is 22.4 Å². The van der Waals surface area contributed by atoms with Crippen LogP contribution in [0.4, 0.5) is 0 Å². The molecule has 248 valence electrons. The number of aromatic amines is 1. The first kappa shape index (κ1) is 32.2. The molecule has 11 nitrogen and oxygen atoms in total. The van der Waals surface area contributed by atoms with Crippen molar-refractivity contribution in [1.29, 1.82) is 0 Å². The number of allylic oxidation sites excluding steroid dienone is 2. The van der Waals surface area contributed by atoms with Crippen LogP contribution in [0.25, 0.3) is 38.9 Å². The van der Waals surface area contributed by atoms with Crippen molar-refractivity contribution in [3.05, 3.63) is 121 Å². The van der Waals surface area contributed by atoms with Crippen LogP contribution in [0.2, 0.25) is 0 Å². The van der Waals surface area contributed by atoms with Gasteiger partial charge in [-0.2, -0.15) is 5.10 Å². The number of aliphatic hydroxyl groups is 1. The van der Waals surface area contributed by atoms with Crippen LogP contribution in [0.15, 0.2) is 103 Å². The number of likely N-dealkylation sites (tertiary alicyclic amines) is 1. The second kappa shape index (κ2) is 14.8. The smallest absolute Gasteiger partial charge is 0.174 e. The number of hydrogen-bond acceptors (Lipinski definition) is 9. The van der Waals surface area contributed by atoms with E-state index >= 15 is 0 Å². The van der Waals surface area contributed by atoms with Crippen molar-refractivity contribution in [2.24, 2.45) is 4.99 Å². The molecule has 0 amide bonds. The Hall–Kier alpha value is -5.36. The molecule has 3 N–H and O–H groups in total. The lowest BCUT2D eigenvalue weighted by molar-refractivity contribution is 0.202. The summed E-state index contributed by atoms with van der Waals surface area (Å²) in [6, 6.07) is 23.4. The molecular weight excluding hydrogens is 612 g/mol. The predicted octanol–water partition coefficient (Wildman–Crippen LogP) is 5.70. The molecule has 1 fully saturated rings. The molecule has 0 radical (unpaired) electrons. The van der Waals surface area contributed by atoms with E-state index in [0.717, 1.165) is 83.1 Å². The third-order valence-corrected chi connectivity index (χ3v) is 8.98. The molecule has 5 heterocycles. The van der Waals surface area contributed by atoms with Gasteiger partial charge >= 0.3 is 0 Å². The minimum Gasteiger partial charge on any atom is -0.395 e. The molecule has 1 aliphatic heterocycles. The summed E-state index contributed by atoms with van der Waals surface area (Å²) < 4.78 is 1.99. The first-order valence-electron chi connectivity index (χ1n) is 16.7. The molecule has 0 bridgehead atoms. The van der Waals surface area contributed by atoms with Crippen LogP contribution in [-0.2, 0) is 13.1 Å². The topological polar surface area (TPSA) is 133 Å². The van der Waals surface area contributed by atoms with E-state index in [-0.39, 0.29) is 6.61 Å². The van der Waals surface area contributed by atoms with Gasteiger partial charge in [0.05, 0.1) is 24.4 Å². The Bertz CT molecular complexity index is 2110. The van der Waals surface area contributed by atoms with Crippen LogP contribution in [0.1, 0.15) is 48.7 Å². The number of rotatable bonds is 12. The van der Waals surface area contributed by atoms with Gasteiger partial charge in [-0.25, -0.2) is 9.97 Å². The maximum absolute atomic E-state index is 9.15. The van der Waals surface area contributed by atoms with E-state index in [9.17, 15) is 0 Å². The molecule has 0 unspecified atom stereocenters. The Balaban J connectivity index is 1.08. The van der Waals surface area contributed by atoms with Crippen LogP contribution in [0.5, 0.6) is 0 Å². The summed E-state index contributed by atoms with van der Waals surface area (Å²) >= 11 is 0. The maximum Gasteiger partial charge on any atom is 0.174 e. The summed E-state index contributed by atoms with van der Waals surface area (Å²) in [5.41, 5.74) is 7.72. The molecule has 11 heteroatoms. The van der Waals surface area contributed by atoms with E-state index in [1.54, 1.807) is 12.3 Å². The molecule has 0 spiro atoms. The van der Waals surface area contributed by atoms with Crippen molar-refractivity contribution in [2.75, 3.05) is 26.2 Å². The summed E-state index contributed by atoms with van der Waals surface area (Å²) in [6.07, 6.45) is 9.29. The van der Waals surface area contributed by atoms with Gasteiger partial charge in [-0.1, -0.05) is 67.3 Å². The lowest BCUT2D eigenvalue weighted by atomic mass is 9.95. The lowest BCUT2D eigenvalue weighted by Crippen LogP contribution is -2.32. The third kappa shape index (κ3) is 6.95. The number of piperidine rings is 1. The number of H-pyrrole nitrogens is 1. The molecule has 0 saturated carbocycles. The first-order chi connectivity index (χ1) is 24.1. The minimum absolute atomic E-state index is 0.0732. The molecular formula is C38H40N10O. The van der Waals surface area contributed by atoms with Crippen molar-refractivity contribution in [3.63, 3.8) is 0 Å². The normalized spacial score (nSPS) is 14.8. The molecule has 7 rings (SSSR count). The summed E-state index contributed by atoms with van der Waals surface area (Å²) in [4.78, 5) is 16.8. The average Bonchev–Trinajstić information content (AvgIpc) is 3.81. The number of nitrogens with one attached hydrogen (secondary N) is 2. The van der Waals surface area contributed by atoms with E-state index < -0.39 is 0 Å². The van der Waals surface area contributed by atoms with Gasteiger partial charge in [-0.3, -0.25) is 19.4 Å². The second-order valence-electron chi connectivity index (χ2n) is 12.2. The fourth-order valence-corrected chi connectivity index (χ4v) is 6.41. The molecule has 4 aromatic heterocycles. The molecule has 1 saturated heterocycles. The summed E-state index contributed by atoms with van der Waals surface area (Å²) in [7, 11) is 0. The average molecular weight is 653 g/mol. The Morgan fingerprint density at radius 2 is 1.86 bits per heavy atom. The molecule has 0 atom stereocenters. The van der Waals surface area contributed by atoms with Crippen LogP contribution in [0, 0.1) is 0 Å². The van der Waals surface area contributed by atoms with Gasteiger partial charge < -0.3 is 10.4 Å². The number of benzene rings is 2. The van der Waals surface area contributed by atoms with Gasteiger partial charge in [-0.15, -0.1) is 10.2 Å². The van der Waals surface area contributed by atoms with Gasteiger partial charge in [0.15, 0.2) is 23.1 Å². The van der Waals surface area contributed by atoms with Crippen LogP contribution in [-0.4, -0.2) is 76.7 Å². The maximum atomic E-state index is 9.15. The Morgan fingerprint density at radius 1 is 1.04 bits per heavy atom. The molecule has 1 aliphatic rings. The van der Waals surface area contributed by atoms with E-state index in [4.69, 9.17) is 15.1 Å².